The molecule has 2 rings (SSSR count). The number of methoxy groups -OCH3 is 1. The molecule has 0 atom stereocenters. The zero-order chi connectivity index (χ0) is 14.5. The molecule has 20 heavy (non-hydrogen) atoms. The van der Waals surface area contributed by atoms with E-state index in [9.17, 15) is 0 Å². The first-order valence-electron chi connectivity index (χ1n) is 6.57. The third kappa shape index (κ3) is 3.37. The van der Waals surface area contributed by atoms with Gasteiger partial charge in [-0.25, -0.2) is 4.98 Å². The predicted octanol–water partition coefficient (Wildman–Crippen LogP) is 2.67. The van der Waals surface area contributed by atoms with Gasteiger partial charge < -0.3 is 10.1 Å². The minimum absolute atomic E-state index is 0.639. The van der Waals surface area contributed by atoms with Crippen LogP contribution in [-0.2, 0) is 19.6 Å². The van der Waals surface area contributed by atoms with Gasteiger partial charge in [0.2, 0.25) is 5.88 Å². The van der Waals surface area contributed by atoms with Crippen LogP contribution in [0.1, 0.15) is 23.9 Å². The Labute approximate surface area is 127 Å². The van der Waals surface area contributed by atoms with E-state index < -0.39 is 0 Å². The molecule has 0 aromatic carbocycles. The van der Waals surface area contributed by atoms with Crippen LogP contribution in [-0.4, -0.2) is 21.9 Å². The maximum atomic E-state index is 5.12. The zero-order valence-corrected chi connectivity index (χ0v) is 13.6. The number of aromatic nitrogens is 3. The van der Waals surface area contributed by atoms with E-state index in [0.29, 0.717) is 5.88 Å². The number of halogens is 1. The molecule has 1 N–H and O–H groups in total. The van der Waals surface area contributed by atoms with Crippen molar-refractivity contribution in [3.63, 3.8) is 0 Å². The number of aryl methyl sites for hydroxylation is 2. The van der Waals surface area contributed by atoms with Gasteiger partial charge in [0, 0.05) is 31.9 Å². The molecule has 0 aliphatic heterocycles. The minimum atomic E-state index is 0.639. The number of hydrogen-bond acceptors (Lipinski definition) is 4. The number of rotatable bonds is 6. The van der Waals surface area contributed by atoms with Crippen molar-refractivity contribution in [2.45, 2.75) is 33.5 Å². The van der Waals surface area contributed by atoms with Crippen molar-refractivity contribution in [2.24, 2.45) is 0 Å². The second-order valence-electron chi connectivity index (χ2n) is 4.47. The summed E-state index contributed by atoms with van der Waals surface area (Å²) in [4.78, 5) is 4.10. The van der Waals surface area contributed by atoms with Crippen LogP contribution in [0.15, 0.2) is 22.8 Å². The molecule has 6 heteroatoms. The lowest BCUT2D eigenvalue weighted by Gasteiger charge is -2.08. The van der Waals surface area contributed by atoms with Crippen LogP contribution in [0.5, 0.6) is 5.88 Å². The quantitative estimate of drug-likeness (QED) is 0.879. The number of nitrogens with zero attached hydrogens (tertiary/aromatic N) is 3. The topological polar surface area (TPSA) is 52.0 Å². The molecule has 0 aliphatic rings. The first-order valence-corrected chi connectivity index (χ1v) is 7.36. The number of nitrogens with one attached hydrogen (secondary N) is 1. The lowest BCUT2D eigenvalue weighted by Crippen LogP contribution is -2.16. The van der Waals surface area contributed by atoms with Crippen LogP contribution >= 0.6 is 15.9 Å². The van der Waals surface area contributed by atoms with Gasteiger partial charge in [-0.15, -0.1) is 0 Å². The average Bonchev–Trinajstić information content (AvgIpc) is 2.75. The van der Waals surface area contributed by atoms with Crippen molar-refractivity contribution >= 4 is 15.9 Å². The minimum Gasteiger partial charge on any atom is -0.481 e. The number of pyridine rings is 1. The molecule has 2 heterocycles. The van der Waals surface area contributed by atoms with Crippen molar-refractivity contribution in [3.05, 3.63) is 39.8 Å². The molecule has 0 unspecified atom stereocenters. The Morgan fingerprint density at radius 2 is 2.20 bits per heavy atom. The fourth-order valence-electron chi connectivity index (χ4n) is 2.04. The standard InChI is InChI=1S/C14H19BrN4O/c1-4-19-12(14(15)10(2)18-19)9-16-8-11-5-6-17-13(7-11)20-3/h5-7,16H,4,8-9H2,1-3H3. The first-order chi connectivity index (χ1) is 9.65. The molecule has 0 saturated carbocycles. The first kappa shape index (κ1) is 15.0. The van der Waals surface area contributed by atoms with Crippen molar-refractivity contribution in [2.75, 3.05) is 7.11 Å². The molecule has 0 amide bonds. The molecule has 108 valence electrons. The van der Waals surface area contributed by atoms with Gasteiger partial charge in [0.05, 0.1) is 23.0 Å². The summed E-state index contributed by atoms with van der Waals surface area (Å²) in [6.45, 7) is 6.50. The largest absolute Gasteiger partial charge is 0.481 e. The molecule has 0 spiro atoms. The summed E-state index contributed by atoms with van der Waals surface area (Å²) < 4.78 is 8.21. The smallest absolute Gasteiger partial charge is 0.213 e. The SMILES string of the molecule is CCn1nc(C)c(Br)c1CNCc1ccnc(OC)c1. The molecule has 0 bridgehead atoms. The van der Waals surface area contributed by atoms with Gasteiger partial charge in [-0.05, 0) is 41.4 Å². The van der Waals surface area contributed by atoms with Crippen molar-refractivity contribution in [1.29, 1.82) is 0 Å². The van der Waals surface area contributed by atoms with E-state index in [1.54, 1.807) is 13.3 Å². The highest BCUT2D eigenvalue weighted by molar-refractivity contribution is 9.10. The van der Waals surface area contributed by atoms with E-state index in [1.165, 1.54) is 5.69 Å². The number of hydrogen-bond donors (Lipinski definition) is 1. The van der Waals surface area contributed by atoms with E-state index in [-0.39, 0.29) is 0 Å². The van der Waals surface area contributed by atoms with Gasteiger partial charge in [0.1, 0.15) is 0 Å². The fraction of sp³-hybridized carbons (Fsp3) is 0.429. The maximum absolute atomic E-state index is 5.12. The summed E-state index contributed by atoms with van der Waals surface area (Å²) in [7, 11) is 1.62. The van der Waals surface area contributed by atoms with Gasteiger partial charge in [-0.2, -0.15) is 5.10 Å². The van der Waals surface area contributed by atoms with Crippen molar-refractivity contribution in [1.82, 2.24) is 20.1 Å². The molecule has 0 radical (unpaired) electrons. The summed E-state index contributed by atoms with van der Waals surface area (Å²) in [6.07, 6.45) is 1.76. The summed E-state index contributed by atoms with van der Waals surface area (Å²) >= 11 is 3.60. The lowest BCUT2D eigenvalue weighted by molar-refractivity contribution is 0.397. The Morgan fingerprint density at radius 1 is 1.40 bits per heavy atom. The Hall–Kier alpha value is -1.40. The van der Waals surface area contributed by atoms with E-state index in [1.807, 2.05) is 23.7 Å². The molecule has 0 aliphatic carbocycles. The highest BCUT2D eigenvalue weighted by Gasteiger charge is 2.11. The van der Waals surface area contributed by atoms with Gasteiger partial charge in [0.25, 0.3) is 0 Å². The van der Waals surface area contributed by atoms with E-state index >= 15 is 0 Å². The number of ether oxygens (including phenoxy) is 1. The van der Waals surface area contributed by atoms with Gasteiger partial charge >= 0.3 is 0 Å². The molecule has 2 aromatic heterocycles. The van der Waals surface area contributed by atoms with Crippen molar-refractivity contribution < 1.29 is 4.74 Å². The monoisotopic (exact) mass is 338 g/mol. The maximum Gasteiger partial charge on any atom is 0.213 e. The summed E-state index contributed by atoms with van der Waals surface area (Å²) in [6, 6.07) is 3.91. The second kappa shape index (κ2) is 6.85. The highest BCUT2D eigenvalue weighted by atomic mass is 79.9. The highest BCUT2D eigenvalue weighted by Crippen LogP contribution is 2.21. The molecule has 5 nitrogen and oxygen atoms in total. The Morgan fingerprint density at radius 3 is 2.90 bits per heavy atom. The van der Waals surface area contributed by atoms with Crippen LogP contribution < -0.4 is 10.1 Å². The van der Waals surface area contributed by atoms with E-state index in [0.717, 1.165) is 35.4 Å². The van der Waals surface area contributed by atoms with Crippen LogP contribution in [0.4, 0.5) is 0 Å². The normalized spacial score (nSPS) is 10.8. The average molecular weight is 339 g/mol. The summed E-state index contributed by atoms with van der Waals surface area (Å²) in [5.41, 5.74) is 3.34. The van der Waals surface area contributed by atoms with Crippen LogP contribution in [0, 0.1) is 6.92 Å². The summed E-state index contributed by atoms with van der Waals surface area (Å²) in [5.74, 6) is 0.639. The second-order valence-corrected chi connectivity index (χ2v) is 5.26. The Kier molecular flexibility index (Phi) is 5.14. The molecular weight excluding hydrogens is 320 g/mol. The van der Waals surface area contributed by atoms with Crippen LogP contribution in [0.25, 0.3) is 0 Å². The predicted molar refractivity (Wildman–Crippen MR) is 81.7 cm³/mol. The third-order valence-electron chi connectivity index (χ3n) is 3.08. The fourth-order valence-corrected chi connectivity index (χ4v) is 2.46. The van der Waals surface area contributed by atoms with Crippen LogP contribution in [0.2, 0.25) is 0 Å². The van der Waals surface area contributed by atoms with Crippen LogP contribution in [0.3, 0.4) is 0 Å². The third-order valence-corrected chi connectivity index (χ3v) is 4.11. The molecule has 2 aromatic rings. The molecule has 0 saturated heterocycles. The van der Waals surface area contributed by atoms with Gasteiger partial charge in [-0.1, -0.05) is 0 Å². The summed E-state index contributed by atoms with van der Waals surface area (Å²) in [5, 5.41) is 7.91. The van der Waals surface area contributed by atoms with Crippen molar-refractivity contribution in [3.8, 4) is 5.88 Å². The van der Waals surface area contributed by atoms with E-state index in [4.69, 9.17) is 4.74 Å². The lowest BCUT2D eigenvalue weighted by atomic mass is 10.2. The Balaban J connectivity index is 1.99. The van der Waals surface area contributed by atoms with Gasteiger partial charge in [-0.3, -0.25) is 4.68 Å². The van der Waals surface area contributed by atoms with Gasteiger partial charge in [0.15, 0.2) is 0 Å². The Bertz CT molecular complexity index is 583. The zero-order valence-electron chi connectivity index (χ0n) is 12.0. The van der Waals surface area contributed by atoms with E-state index in [2.05, 4.69) is 38.3 Å². The molecular formula is C14H19BrN4O. The molecule has 0 fully saturated rings.